The maximum atomic E-state index is 12.5. The van der Waals surface area contributed by atoms with Crippen LogP contribution in [0.2, 0.25) is 5.02 Å². The fourth-order valence-electron chi connectivity index (χ4n) is 2.73. The molecule has 1 N–H and O–H groups in total. The van der Waals surface area contributed by atoms with Crippen LogP contribution in [0.5, 0.6) is 17.2 Å². The Morgan fingerprint density at radius 3 is 2.57 bits per heavy atom. The maximum absolute atomic E-state index is 12.5. The topological polar surface area (TPSA) is 73.6 Å². The molecule has 0 saturated heterocycles. The van der Waals surface area contributed by atoms with Crippen molar-refractivity contribution in [3.63, 3.8) is 0 Å². The Balaban J connectivity index is 1.62. The minimum absolute atomic E-state index is 0.148. The lowest BCUT2D eigenvalue weighted by Gasteiger charge is -2.13. The van der Waals surface area contributed by atoms with Crippen LogP contribution < -0.4 is 14.8 Å². The zero-order valence-corrected chi connectivity index (χ0v) is 18.6. The highest BCUT2D eigenvalue weighted by molar-refractivity contribution is 7.99. The van der Waals surface area contributed by atoms with Crippen LogP contribution in [0, 0.1) is 13.8 Å². The predicted molar refractivity (Wildman–Crippen MR) is 120 cm³/mol. The third-order valence-corrected chi connectivity index (χ3v) is 5.43. The van der Waals surface area contributed by atoms with Crippen LogP contribution in [0.15, 0.2) is 47.0 Å². The number of ether oxygens (including phenoxy) is 2. The van der Waals surface area contributed by atoms with E-state index in [4.69, 9.17) is 25.6 Å². The van der Waals surface area contributed by atoms with Crippen molar-refractivity contribution in [1.82, 2.24) is 5.16 Å². The number of thioether (sulfide) groups is 1. The van der Waals surface area contributed by atoms with E-state index in [9.17, 15) is 4.79 Å². The highest BCUT2D eigenvalue weighted by Crippen LogP contribution is 2.33. The van der Waals surface area contributed by atoms with Gasteiger partial charge in [-0.1, -0.05) is 16.8 Å². The molecule has 0 aliphatic heterocycles. The lowest BCUT2D eigenvalue weighted by Crippen LogP contribution is -2.15. The Hall–Kier alpha value is -2.64. The summed E-state index contributed by atoms with van der Waals surface area (Å²) in [5.41, 5.74) is 2.38. The average Bonchev–Trinajstić information content (AvgIpc) is 3.04. The molecular weight excluding hydrogens is 424 g/mol. The van der Waals surface area contributed by atoms with Gasteiger partial charge in [0.2, 0.25) is 5.91 Å². The van der Waals surface area contributed by atoms with Gasteiger partial charge in [-0.25, -0.2) is 0 Å². The van der Waals surface area contributed by atoms with Gasteiger partial charge >= 0.3 is 0 Å². The van der Waals surface area contributed by atoms with Crippen molar-refractivity contribution in [3.8, 4) is 17.2 Å². The quantitative estimate of drug-likeness (QED) is 0.434. The first-order chi connectivity index (χ1) is 14.5. The summed E-state index contributed by atoms with van der Waals surface area (Å²) in [5, 5.41) is 7.32. The third kappa shape index (κ3) is 5.93. The molecule has 1 aromatic heterocycles. The van der Waals surface area contributed by atoms with Gasteiger partial charge in [-0.15, -0.1) is 11.8 Å². The van der Waals surface area contributed by atoms with Crippen molar-refractivity contribution in [1.29, 1.82) is 0 Å². The molecule has 3 aromatic rings. The summed E-state index contributed by atoms with van der Waals surface area (Å²) in [6.45, 7) is 6.29. The first kappa shape index (κ1) is 22.1. The Bertz CT molecular complexity index is 985. The number of aryl methyl sites for hydroxylation is 2. The van der Waals surface area contributed by atoms with Crippen LogP contribution in [0.1, 0.15) is 23.9 Å². The summed E-state index contributed by atoms with van der Waals surface area (Å²) >= 11 is 7.61. The second-order valence-electron chi connectivity index (χ2n) is 6.49. The molecule has 0 spiro atoms. The number of aromatic nitrogens is 1. The van der Waals surface area contributed by atoms with Crippen molar-refractivity contribution in [2.75, 3.05) is 17.7 Å². The van der Waals surface area contributed by atoms with Gasteiger partial charge in [0.15, 0.2) is 5.75 Å². The maximum Gasteiger partial charge on any atom is 0.234 e. The molecule has 0 saturated carbocycles. The Kier molecular flexibility index (Phi) is 7.65. The number of carbonyl (C=O) groups excluding carboxylic acids is 1. The third-order valence-electron chi connectivity index (χ3n) is 4.24. The number of anilines is 1. The molecule has 30 heavy (non-hydrogen) atoms. The fraction of sp³-hybridized carbons (Fsp3) is 0.273. The molecule has 0 bridgehead atoms. The lowest BCUT2D eigenvalue weighted by atomic mass is 10.2. The van der Waals surface area contributed by atoms with E-state index in [1.54, 1.807) is 18.2 Å². The van der Waals surface area contributed by atoms with Crippen molar-refractivity contribution < 1.29 is 18.8 Å². The number of rotatable bonds is 9. The van der Waals surface area contributed by atoms with E-state index in [-0.39, 0.29) is 11.7 Å². The molecule has 6 nitrogen and oxygen atoms in total. The lowest BCUT2D eigenvalue weighted by molar-refractivity contribution is -0.113. The summed E-state index contributed by atoms with van der Waals surface area (Å²) in [6, 6.07) is 12.4. The number of hydrogen-bond donors (Lipinski definition) is 1. The molecule has 158 valence electrons. The molecule has 1 amide bonds. The minimum atomic E-state index is -0.148. The van der Waals surface area contributed by atoms with Gasteiger partial charge in [0, 0.05) is 16.3 Å². The van der Waals surface area contributed by atoms with Gasteiger partial charge in [0.1, 0.15) is 17.3 Å². The minimum Gasteiger partial charge on any atom is -0.494 e. The average molecular weight is 447 g/mol. The number of carbonyl (C=O) groups is 1. The SMILES string of the molecule is CCOc1ccc(Oc2ccc(Cl)cc2NC(=O)CSCc2c(C)noc2C)cc1. The molecule has 1 heterocycles. The van der Waals surface area contributed by atoms with Crippen molar-refractivity contribution in [2.45, 2.75) is 26.5 Å². The van der Waals surface area contributed by atoms with E-state index in [2.05, 4.69) is 10.5 Å². The predicted octanol–water partition coefficient (Wildman–Crippen LogP) is 6.01. The van der Waals surface area contributed by atoms with E-state index >= 15 is 0 Å². The molecule has 0 unspecified atom stereocenters. The van der Waals surface area contributed by atoms with Crippen LogP contribution in [-0.2, 0) is 10.5 Å². The number of amides is 1. The summed E-state index contributed by atoms with van der Waals surface area (Å²) in [5.74, 6) is 3.46. The Labute approximate surface area is 184 Å². The second kappa shape index (κ2) is 10.4. The van der Waals surface area contributed by atoms with Crippen molar-refractivity contribution in [2.24, 2.45) is 0 Å². The summed E-state index contributed by atoms with van der Waals surface area (Å²) < 4.78 is 16.5. The van der Waals surface area contributed by atoms with Gasteiger partial charge in [0.25, 0.3) is 0 Å². The van der Waals surface area contributed by atoms with Gasteiger partial charge in [-0.2, -0.15) is 0 Å². The van der Waals surface area contributed by atoms with Crippen LogP contribution in [0.3, 0.4) is 0 Å². The summed E-state index contributed by atoms with van der Waals surface area (Å²) in [4.78, 5) is 12.5. The van der Waals surface area contributed by atoms with Crippen molar-refractivity contribution >= 4 is 35.0 Å². The van der Waals surface area contributed by atoms with Crippen LogP contribution in [-0.4, -0.2) is 23.4 Å². The van der Waals surface area contributed by atoms with Crippen LogP contribution in [0.25, 0.3) is 0 Å². The molecular formula is C22H23ClN2O4S. The zero-order valence-electron chi connectivity index (χ0n) is 17.0. The zero-order chi connectivity index (χ0) is 21.5. The molecule has 2 aromatic carbocycles. The van der Waals surface area contributed by atoms with E-state index in [0.717, 1.165) is 22.8 Å². The van der Waals surface area contributed by atoms with Gasteiger partial charge < -0.3 is 19.3 Å². The van der Waals surface area contributed by atoms with E-state index in [1.165, 1.54) is 11.8 Å². The van der Waals surface area contributed by atoms with Gasteiger partial charge in [0.05, 0.1) is 23.7 Å². The molecule has 0 aliphatic carbocycles. The van der Waals surface area contributed by atoms with Crippen LogP contribution in [0.4, 0.5) is 5.69 Å². The largest absolute Gasteiger partial charge is 0.494 e. The number of benzene rings is 2. The molecule has 0 atom stereocenters. The molecule has 0 aliphatic rings. The van der Waals surface area contributed by atoms with Crippen LogP contribution >= 0.6 is 23.4 Å². The normalized spacial score (nSPS) is 10.7. The highest BCUT2D eigenvalue weighted by atomic mass is 35.5. The van der Waals surface area contributed by atoms with Gasteiger partial charge in [-0.05, 0) is 63.2 Å². The van der Waals surface area contributed by atoms with Crippen molar-refractivity contribution in [3.05, 3.63) is 64.5 Å². The number of nitrogens with zero attached hydrogens (tertiary/aromatic N) is 1. The van der Waals surface area contributed by atoms with E-state index in [1.807, 2.05) is 45.0 Å². The molecule has 0 fully saturated rings. The molecule has 8 heteroatoms. The molecule has 3 rings (SSSR count). The first-order valence-electron chi connectivity index (χ1n) is 9.46. The second-order valence-corrected chi connectivity index (χ2v) is 7.91. The standard InChI is InChI=1S/C22H23ClN2O4S/c1-4-27-17-6-8-18(9-7-17)28-21-10-5-16(23)11-20(21)24-22(26)13-30-12-19-14(2)25-29-15(19)3/h5-11H,4,12-13H2,1-3H3,(H,24,26). The highest BCUT2D eigenvalue weighted by Gasteiger charge is 2.13. The monoisotopic (exact) mass is 446 g/mol. The summed E-state index contributed by atoms with van der Waals surface area (Å²) in [7, 11) is 0. The van der Waals surface area contributed by atoms with Gasteiger partial charge in [-0.3, -0.25) is 4.79 Å². The Morgan fingerprint density at radius 1 is 1.17 bits per heavy atom. The molecule has 0 radical (unpaired) electrons. The first-order valence-corrected chi connectivity index (χ1v) is 11.0. The number of halogens is 1. The number of nitrogens with one attached hydrogen (secondary N) is 1. The fourth-order valence-corrected chi connectivity index (χ4v) is 3.87. The number of hydrogen-bond acceptors (Lipinski definition) is 6. The van der Waals surface area contributed by atoms with E-state index < -0.39 is 0 Å². The van der Waals surface area contributed by atoms with E-state index in [0.29, 0.717) is 34.6 Å². The smallest absolute Gasteiger partial charge is 0.234 e. The Morgan fingerprint density at radius 2 is 1.90 bits per heavy atom. The summed E-state index contributed by atoms with van der Waals surface area (Å²) in [6.07, 6.45) is 0.